The van der Waals surface area contributed by atoms with Crippen molar-refractivity contribution in [3.05, 3.63) is 23.8 Å². The Bertz CT molecular complexity index is 827. The van der Waals surface area contributed by atoms with Crippen LogP contribution < -0.4 is 14.8 Å². The lowest BCUT2D eigenvalue weighted by Gasteiger charge is -2.22. The highest BCUT2D eigenvalue weighted by Crippen LogP contribution is 2.31. The Morgan fingerprint density at radius 3 is 2.50 bits per heavy atom. The van der Waals surface area contributed by atoms with Crippen LogP contribution >= 0.6 is 0 Å². The van der Waals surface area contributed by atoms with Crippen LogP contribution in [0.2, 0.25) is 0 Å². The van der Waals surface area contributed by atoms with E-state index in [0.717, 1.165) is 37.1 Å². The second-order valence-electron chi connectivity index (χ2n) is 8.11. The molecular weight excluding hydrogens is 380 g/mol. The third-order valence-corrected chi connectivity index (χ3v) is 6.95. The van der Waals surface area contributed by atoms with E-state index < -0.39 is 26.7 Å². The van der Waals surface area contributed by atoms with Crippen LogP contribution in [0.5, 0.6) is 5.75 Å². The highest BCUT2D eigenvalue weighted by atomic mass is 32.2. The van der Waals surface area contributed by atoms with Gasteiger partial charge in [0, 0.05) is 18.8 Å². The molecule has 0 saturated heterocycles. The molecule has 1 aliphatic rings. The number of anilines is 1. The predicted octanol–water partition coefficient (Wildman–Crippen LogP) is 2.65. The summed E-state index contributed by atoms with van der Waals surface area (Å²) in [7, 11) is -3.28. The smallest absolute Gasteiger partial charge is 0.322 e. The monoisotopic (exact) mass is 410 g/mol. The second kappa shape index (κ2) is 9.05. The van der Waals surface area contributed by atoms with E-state index in [9.17, 15) is 18.0 Å². The van der Waals surface area contributed by atoms with E-state index in [0.29, 0.717) is 18.7 Å². The first-order chi connectivity index (χ1) is 13.0. The number of rotatable bonds is 9. The molecule has 1 atom stereocenters. The number of Topliss-reactive ketones (excluding diaryl/α,β-unsaturated/α-hetero) is 1. The number of ketones is 1. The largest absolute Gasteiger partial charge is 0.426 e. The molecule has 0 spiro atoms. The molecule has 0 saturated carbocycles. The number of carbonyl (C=O) groups is 2. The van der Waals surface area contributed by atoms with Gasteiger partial charge >= 0.3 is 5.97 Å². The number of unbranched alkanes of at least 4 members (excludes halogenated alkanes) is 2. The van der Waals surface area contributed by atoms with Crippen LogP contribution in [0.25, 0.3) is 0 Å². The molecule has 1 aliphatic heterocycles. The van der Waals surface area contributed by atoms with E-state index in [1.807, 2.05) is 12.1 Å². The van der Waals surface area contributed by atoms with Crippen LogP contribution in [-0.4, -0.2) is 38.0 Å². The number of hydrogen-bond donors (Lipinski definition) is 2. The van der Waals surface area contributed by atoms with Gasteiger partial charge in [-0.05, 0) is 70.7 Å². The van der Waals surface area contributed by atoms with E-state index in [1.54, 1.807) is 26.8 Å². The molecule has 0 aliphatic carbocycles. The van der Waals surface area contributed by atoms with E-state index >= 15 is 0 Å². The van der Waals surface area contributed by atoms with Crippen LogP contribution in [0.1, 0.15) is 52.5 Å². The van der Waals surface area contributed by atoms with Crippen LogP contribution in [0, 0.1) is 5.92 Å². The van der Waals surface area contributed by atoms with Crippen molar-refractivity contribution in [1.82, 2.24) is 4.72 Å². The van der Waals surface area contributed by atoms with Gasteiger partial charge in [-0.2, -0.15) is 0 Å². The number of fused-ring (bicyclic) bond motifs is 1. The van der Waals surface area contributed by atoms with Gasteiger partial charge in [0.1, 0.15) is 17.5 Å². The molecule has 0 bridgehead atoms. The second-order valence-corrected chi connectivity index (χ2v) is 10.6. The van der Waals surface area contributed by atoms with Gasteiger partial charge in [-0.25, -0.2) is 13.1 Å². The maximum absolute atomic E-state index is 12.0. The highest BCUT2D eigenvalue weighted by molar-refractivity contribution is 7.90. The molecule has 2 N–H and O–H groups in total. The molecule has 0 radical (unpaired) electrons. The lowest BCUT2D eigenvalue weighted by molar-refractivity contribution is -0.144. The van der Waals surface area contributed by atoms with Crippen molar-refractivity contribution in [2.45, 2.75) is 58.1 Å². The van der Waals surface area contributed by atoms with Gasteiger partial charge in [-0.3, -0.25) is 9.59 Å². The predicted molar refractivity (Wildman–Crippen MR) is 109 cm³/mol. The number of ether oxygens (including phenoxy) is 1. The van der Waals surface area contributed by atoms with Gasteiger partial charge in [0.05, 0.1) is 4.75 Å². The third-order valence-electron chi connectivity index (χ3n) is 4.75. The Balaban J connectivity index is 1.74. The quantitative estimate of drug-likeness (QED) is 0.281. The number of hydrogen-bond acceptors (Lipinski definition) is 6. The normalized spacial score (nSPS) is 17.0. The van der Waals surface area contributed by atoms with Crippen LogP contribution in [0.15, 0.2) is 18.2 Å². The summed E-state index contributed by atoms with van der Waals surface area (Å²) in [4.78, 5) is 23.4. The Hall–Kier alpha value is -1.93. The molecule has 156 valence electrons. The lowest BCUT2D eigenvalue weighted by atomic mass is 9.93. The fourth-order valence-corrected chi connectivity index (χ4v) is 3.67. The maximum atomic E-state index is 12.0. The molecule has 1 aromatic rings. The van der Waals surface area contributed by atoms with Crippen molar-refractivity contribution in [2.24, 2.45) is 5.92 Å². The van der Waals surface area contributed by atoms with Crippen molar-refractivity contribution in [1.29, 1.82) is 0 Å². The van der Waals surface area contributed by atoms with Crippen molar-refractivity contribution in [2.75, 3.05) is 18.4 Å². The molecule has 1 unspecified atom stereocenters. The van der Waals surface area contributed by atoms with E-state index in [4.69, 9.17) is 4.74 Å². The minimum absolute atomic E-state index is 0.184. The molecular formula is C20H30N2O5S. The summed E-state index contributed by atoms with van der Waals surface area (Å²) in [6.07, 6.45) is 2.94. The fraction of sp³-hybridized carbons (Fsp3) is 0.600. The Labute approximate surface area is 167 Å². The molecule has 7 nitrogen and oxygen atoms in total. The van der Waals surface area contributed by atoms with Crippen molar-refractivity contribution in [3.8, 4) is 5.75 Å². The van der Waals surface area contributed by atoms with Gasteiger partial charge in [0.15, 0.2) is 0 Å². The molecule has 0 fully saturated rings. The van der Waals surface area contributed by atoms with Gasteiger partial charge in [-0.1, -0.05) is 6.42 Å². The number of carbonyl (C=O) groups excluding carboxylic acids is 2. The zero-order valence-electron chi connectivity index (χ0n) is 17.0. The number of esters is 1. The molecule has 0 aromatic heterocycles. The van der Waals surface area contributed by atoms with E-state index in [2.05, 4.69) is 10.0 Å². The van der Waals surface area contributed by atoms with Crippen LogP contribution in [-0.2, 0) is 26.0 Å². The summed E-state index contributed by atoms with van der Waals surface area (Å²) >= 11 is 0. The first-order valence-corrected chi connectivity index (χ1v) is 11.1. The Kier molecular flexibility index (Phi) is 7.22. The molecule has 1 aromatic carbocycles. The average molecular weight is 411 g/mol. The molecule has 1 heterocycles. The lowest BCUT2D eigenvalue weighted by Crippen LogP contribution is -2.39. The van der Waals surface area contributed by atoms with Gasteiger partial charge in [0.2, 0.25) is 10.0 Å². The SMILES string of the molecule is CC(=O)C1Cc2cc(NCCCCCNS(=O)(=O)C(C)(C)C)ccc2OC1=O. The average Bonchev–Trinajstić information content (AvgIpc) is 2.59. The Morgan fingerprint density at radius 1 is 1.18 bits per heavy atom. The minimum atomic E-state index is -3.28. The summed E-state index contributed by atoms with van der Waals surface area (Å²) in [6.45, 7) is 7.63. The maximum Gasteiger partial charge on any atom is 0.322 e. The topological polar surface area (TPSA) is 102 Å². The van der Waals surface area contributed by atoms with Crippen LogP contribution in [0.4, 0.5) is 5.69 Å². The van der Waals surface area contributed by atoms with Gasteiger partial charge < -0.3 is 10.1 Å². The summed E-state index contributed by atoms with van der Waals surface area (Å²) < 4.78 is 31.0. The Morgan fingerprint density at radius 2 is 1.86 bits per heavy atom. The first kappa shape index (κ1) is 22.4. The minimum Gasteiger partial charge on any atom is -0.426 e. The molecule has 2 rings (SSSR count). The zero-order valence-corrected chi connectivity index (χ0v) is 17.8. The van der Waals surface area contributed by atoms with Gasteiger partial charge in [-0.15, -0.1) is 0 Å². The fourth-order valence-electron chi connectivity index (χ4n) is 2.82. The van der Waals surface area contributed by atoms with Crippen LogP contribution in [0.3, 0.4) is 0 Å². The zero-order chi connectivity index (χ0) is 20.9. The standard InChI is InChI=1S/C20H30N2O5S/c1-14(23)17-13-15-12-16(8-9-18(15)27-19(17)24)21-10-6-5-7-11-22-28(25,26)20(2,3)4/h8-9,12,17,21-22H,5-7,10-11,13H2,1-4H3. The van der Waals surface area contributed by atoms with Gasteiger partial charge in [0.25, 0.3) is 0 Å². The molecule has 28 heavy (non-hydrogen) atoms. The highest BCUT2D eigenvalue weighted by Gasteiger charge is 2.32. The molecule has 8 heteroatoms. The first-order valence-electron chi connectivity index (χ1n) is 9.59. The van der Waals surface area contributed by atoms with Crippen molar-refractivity contribution >= 4 is 27.5 Å². The summed E-state index contributed by atoms with van der Waals surface area (Å²) in [5.74, 6) is -0.877. The number of benzene rings is 1. The van der Waals surface area contributed by atoms with Crippen molar-refractivity contribution in [3.63, 3.8) is 0 Å². The third kappa shape index (κ3) is 5.78. The summed E-state index contributed by atoms with van der Waals surface area (Å²) in [5, 5.41) is 3.32. The van der Waals surface area contributed by atoms with Crippen molar-refractivity contribution < 1.29 is 22.7 Å². The summed E-state index contributed by atoms with van der Waals surface area (Å²) in [6, 6.07) is 5.50. The molecule has 0 amide bonds. The number of sulfonamides is 1. The summed E-state index contributed by atoms with van der Waals surface area (Å²) in [5.41, 5.74) is 1.76. The van der Waals surface area contributed by atoms with E-state index in [-0.39, 0.29) is 5.78 Å². The number of nitrogens with one attached hydrogen (secondary N) is 2. The van der Waals surface area contributed by atoms with E-state index in [1.165, 1.54) is 6.92 Å².